The Bertz CT molecular complexity index is 1490. The van der Waals surface area contributed by atoms with Gasteiger partial charge in [0.05, 0.1) is 16.7 Å². The lowest BCUT2D eigenvalue weighted by Gasteiger charge is -2.23. The Balaban J connectivity index is 1.24. The molecule has 0 bridgehead atoms. The number of ether oxygens (including phenoxy) is 1. The Morgan fingerprint density at radius 3 is 2.32 bits per heavy atom. The van der Waals surface area contributed by atoms with E-state index in [1.54, 1.807) is 0 Å². The predicted molar refractivity (Wildman–Crippen MR) is 143 cm³/mol. The third-order valence-corrected chi connectivity index (χ3v) is 7.26. The van der Waals surface area contributed by atoms with Gasteiger partial charge in [0.2, 0.25) is 0 Å². The normalized spacial score (nSPS) is 16.6. The molecule has 38 heavy (non-hydrogen) atoms. The maximum absolute atomic E-state index is 12.9. The molecule has 0 saturated carbocycles. The van der Waals surface area contributed by atoms with Crippen LogP contribution in [-0.2, 0) is 21.4 Å². The first-order chi connectivity index (χ1) is 18.2. The van der Waals surface area contributed by atoms with Gasteiger partial charge in [-0.2, -0.15) is 0 Å². The van der Waals surface area contributed by atoms with Crippen molar-refractivity contribution in [1.29, 1.82) is 0 Å². The first-order valence-electron chi connectivity index (χ1n) is 12.5. The standard InChI is InChI=1S/C31H28N2O5/c1-31(2)25-11-7-8-12-26(25)32(3)27(31)18-22(34)19-38-30(37)21-13-14-23-24(17-21)29(36)33(28(23)35)16-15-20-9-5-4-6-10-20/h4-14,17-18H,15-16,19H2,1-3H3/b27-18-. The number of fused-ring (bicyclic) bond motifs is 2. The van der Waals surface area contributed by atoms with E-state index < -0.39 is 18.5 Å². The van der Waals surface area contributed by atoms with Crippen molar-refractivity contribution < 1.29 is 23.9 Å². The summed E-state index contributed by atoms with van der Waals surface area (Å²) in [7, 11) is 1.91. The molecule has 0 saturated heterocycles. The second-order valence-electron chi connectivity index (χ2n) is 10.0. The molecule has 0 unspecified atom stereocenters. The number of anilines is 1. The molecular formula is C31H28N2O5. The van der Waals surface area contributed by atoms with E-state index in [-0.39, 0.29) is 40.3 Å². The molecule has 0 atom stereocenters. The van der Waals surface area contributed by atoms with Crippen LogP contribution in [0.4, 0.5) is 5.69 Å². The number of esters is 1. The number of para-hydroxylation sites is 1. The van der Waals surface area contributed by atoms with Crippen molar-refractivity contribution in [1.82, 2.24) is 4.90 Å². The smallest absolute Gasteiger partial charge is 0.338 e. The molecule has 0 fully saturated rings. The average Bonchev–Trinajstić information content (AvgIpc) is 3.28. The third-order valence-electron chi connectivity index (χ3n) is 7.26. The van der Waals surface area contributed by atoms with Gasteiger partial charge in [0.15, 0.2) is 12.4 Å². The van der Waals surface area contributed by atoms with Gasteiger partial charge in [-0.15, -0.1) is 0 Å². The predicted octanol–water partition coefficient (Wildman–Crippen LogP) is 4.56. The molecule has 2 aliphatic heterocycles. The lowest BCUT2D eigenvalue weighted by Crippen LogP contribution is -2.31. The molecule has 2 aliphatic rings. The van der Waals surface area contributed by atoms with Crippen LogP contribution in [0.15, 0.2) is 84.6 Å². The van der Waals surface area contributed by atoms with Crippen LogP contribution in [0.1, 0.15) is 56.0 Å². The summed E-state index contributed by atoms with van der Waals surface area (Å²) in [6.45, 7) is 3.91. The molecule has 0 spiro atoms. The highest BCUT2D eigenvalue weighted by Crippen LogP contribution is 2.46. The first kappa shape index (κ1) is 25.1. The highest BCUT2D eigenvalue weighted by Gasteiger charge is 2.39. The van der Waals surface area contributed by atoms with E-state index in [0.717, 1.165) is 22.5 Å². The number of carbonyl (C=O) groups is 4. The number of allylic oxidation sites excluding steroid dienone is 1. The largest absolute Gasteiger partial charge is 0.454 e. The van der Waals surface area contributed by atoms with E-state index in [2.05, 4.69) is 0 Å². The molecule has 5 rings (SSSR count). The Morgan fingerprint density at radius 1 is 0.895 bits per heavy atom. The summed E-state index contributed by atoms with van der Waals surface area (Å²) in [5.74, 6) is -1.90. The second-order valence-corrected chi connectivity index (χ2v) is 10.0. The summed E-state index contributed by atoms with van der Waals surface area (Å²) in [4.78, 5) is 54.4. The number of carbonyl (C=O) groups excluding carboxylic acids is 4. The summed E-state index contributed by atoms with van der Waals surface area (Å²) in [6.07, 6.45) is 2.05. The minimum atomic E-state index is -0.732. The number of benzene rings is 3. The minimum absolute atomic E-state index is 0.112. The molecule has 3 aromatic carbocycles. The minimum Gasteiger partial charge on any atom is -0.454 e. The number of hydrogen-bond donors (Lipinski definition) is 0. The quantitative estimate of drug-likeness (QED) is 0.264. The van der Waals surface area contributed by atoms with Gasteiger partial charge < -0.3 is 9.64 Å². The SMILES string of the molecule is CN1/C(=C\C(=O)COC(=O)c2ccc3c(c2)C(=O)N(CCc2ccccc2)C3=O)C(C)(C)c2ccccc21. The Kier molecular flexibility index (Phi) is 6.45. The average molecular weight is 509 g/mol. The zero-order valence-electron chi connectivity index (χ0n) is 21.6. The number of hydrogen-bond acceptors (Lipinski definition) is 6. The molecule has 0 aromatic heterocycles. The molecule has 2 amide bonds. The second kappa shape index (κ2) is 9.74. The van der Waals surface area contributed by atoms with Crippen LogP contribution >= 0.6 is 0 Å². The number of rotatable bonds is 7. The van der Waals surface area contributed by atoms with E-state index in [1.807, 2.05) is 80.4 Å². The number of imide groups is 1. The van der Waals surface area contributed by atoms with E-state index in [0.29, 0.717) is 6.42 Å². The molecule has 7 heteroatoms. The van der Waals surface area contributed by atoms with Crippen molar-refractivity contribution in [3.8, 4) is 0 Å². The zero-order valence-corrected chi connectivity index (χ0v) is 21.6. The molecule has 0 aliphatic carbocycles. The van der Waals surface area contributed by atoms with E-state index in [4.69, 9.17) is 4.74 Å². The molecule has 0 radical (unpaired) electrons. The molecule has 7 nitrogen and oxygen atoms in total. The van der Waals surface area contributed by atoms with Crippen molar-refractivity contribution >= 4 is 29.3 Å². The highest BCUT2D eigenvalue weighted by molar-refractivity contribution is 6.22. The van der Waals surface area contributed by atoms with Crippen LogP contribution in [0.5, 0.6) is 0 Å². The van der Waals surface area contributed by atoms with Gasteiger partial charge in [0, 0.05) is 36.5 Å². The maximum atomic E-state index is 12.9. The molecule has 0 N–H and O–H groups in total. The fourth-order valence-electron chi connectivity index (χ4n) is 5.18. The number of nitrogens with zero attached hydrogens (tertiary/aromatic N) is 2. The van der Waals surface area contributed by atoms with Gasteiger partial charge in [-0.25, -0.2) is 4.79 Å². The fraction of sp³-hybridized carbons (Fsp3) is 0.226. The van der Waals surface area contributed by atoms with Crippen molar-refractivity contribution in [2.24, 2.45) is 0 Å². The Hall–Kier alpha value is -4.52. The van der Waals surface area contributed by atoms with Gasteiger partial charge in [0.1, 0.15) is 0 Å². The summed E-state index contributed by atoms with van der Waals surface area (Å²) in [6, 6.07) is 21.8. The summed E-state index contributed by atoms with van der Waals surface area (Å²) in [5, 5.41) is 0. The van der Waals surface area contributed by atoms with E-state index >= 15 is 0 Å². The fourth-order valence-corrected chi connectivity index (χ4v) is 5.18. The third kappa shape index (κ3) is 4.41. The topological polar surface area (TPSA) is 84.0 Å². The van der Waals surface area contributed by atoms with E-state index in [1.165, 1.54) is 29.2 Å². The first-order valence-corrected chi connectivity index (χ1v) is 12.5. The van der Waals surface area contributed by atoms with Crippen molar-refractivity contribution in [2.75, 3.05) is 25.1 Å². The van der Waals surface area contributed by atoms with Crippen molar-refractivity contribution in [2.45, 2.75) is 25.7 Å². The van der Waals surface area contributed by atoms with Crippen LogP contribution in [0.2, 0.25) is 0 Å². The molecular weight excluding hydrogens is 480 g/mol. The Morgan fingerprint density at radius 2 is 1.58 bits per heavy atom. The lowest BCUT2D eigenvalue weighted by atomic mass is 9.83. The zero-order chi connectivity index (χ0) is 27.0. The van der Waals surface area contributed by atoms with Crippen LogP contribution in [-0.4, -0.2) is 48.7 Å². The van der Waals surface area contributed by atoms with Gasteiger partial charge >= 0.3 is 5.97 Å². The van der Waals surface area contributed by atoms with Gasteiger partial charge in [-0.3, -0.25) is 19.3 Å². The highest BCUT2D eigenvalue weighted by atomic mass is 16.5. The van der Waals surface area contributed by atoms with Crippen molar-refractivity contribution in [3.05, 3.63) is 112 Å². The van der Waals surface area contributed by atoms with Crippen LogP contribution in [0, 0.1) is 0 Å². The van der Waals surface area contributed by atoms with Crippen LogP contribution in [0.25, 0.3) is 0 Å². The summed E-state index contributed by atoms with van der Waals surface area (Å²) in [5.41, 5.74) is 4.15. The van der Waals surface area contributed by atoms with Gasteiger partial charge in [-0.05, 0) is 41.8 Å². The molecule has 192 valence electrons. The maximum Gasteiger partial charge on any atom is 0.338 e. The molecule has 3 aromatic rings. The summed E-state index contributed by atoms with van der Waals surface area (Å²) >= 11 is 0. The van der Waals surface area contributed by atoms with Gasteiger partial charge in [-0.1, -0.05) is 62.4 Å². The number of ketones is 1. The van der Waals surface area contributed by atoms with Gasteiger partial charge in [0.25, 0.3) is 11.8 Å². The lowest BCUT2D eigenvalue weighted by molar-refractivity contribution is -0.117. The monoisotopic (exact) mass is 508 g/mol. The van der Waals surface area contributed by atoms with Crippen LogP contribution < -0.4 is 4.90 Å². The number of likely N-dealkylation sites (N-methyl/N-ethyl adjacent to an activating group) is 1. The van der Waals surface area contributed by atoms with Crippen molar-refractivity contribution in [3.63, 3.8) is 0 Å². The molecule has 2 heterocycles. The summed E-state index contributed by atoms with van der Waals surface area (Å²) < 4.78 is 5.27. The number of amides is 2. The van der Waals surface area contributed by atoms with E-state index in [9.17, 15) is 19.2 Å². The van der Waals surface area contributed by atoms with Crippen LogP contribution in [0.3, 0.4) is 0 Å². The Labute approximate surface area is 221 Å².